The number of nitrogens with one attached hydrogen (secondary N) is 2. The maximum Gasteiger partial charge on any atom is 0.343 e. The maximum absolute atomic E-state index is 12.0. The smallest absolute Gasteiger partial charge is 0.343 e. The summed E-state index contributed by atoms with van der Waals surface area (Å²) in [4.78, 5) is 17.7. The summed E-state index contributed by atoms with van der Waals surface area (Å²) >= 11 is 0. The molecule has 1 aliphatic rings. The first-order chi connectivity index (χ1) is 14.0. The minimum atomic E-state index is -0.484. The Hall–Kier alpha value is -3.22. The number of hydrogen-bond acceptors (Lipinski definition) is 5. The van der Waals surface area contributed by atoms with Gasteiger partial charge in [0.15, 0.2) is 0 Å². The SMILES string of the molecule is CC(=NOCc1c(C)cccc1NC(=O)N(C)N=N)c1cccc2c1CCCC2. The average molecular weight is 393 g/mol. The number of benzene rings is 2. The number of urea groups is 1. The molecule has 2 aromatic rings. The van der Waals surface area contributed by atoms with Crippen molar-refractivity contribution in [3.8, 4) is 0 Å². The predicted octanol–water partition coefficient (Wildman–Crippen LogP) is 5.22. The molecule has 7 heteroatoms. The van der Waals surface area contributed by atoms with Crippen LogP contribution in [-0.2, 0) is 24.3 Å². The second kappa shape index (κ2) is 9.32. The van der Waals surface area contributed by atoms with E-state index in [1.165, 1.54) is 31.0 Å². The van der Waals surface area contributed by atoms with Crippen LogP contribution < -0.4 is 5.32 Å². The molecular formula is C22H27N5O2. The number of carbonyl (C=O) groups excluding carboxylic acids is 1. The van der Waals surface area contributed by atoms with Crippen LogP contribution in [-0.4, -0.2) is 23.8 Å². The summed E-state index contributed by atoms with van der Waals surface area (Å²) in [7, 11) is 1.42. The standard InChI is InChI=1S/C22H27N5O2/c1-15-8-6-13-21(24-22(28)27(3)26-23)20(15)14-29-25-16(2)18-12-7-10-17-9-4-5-11-19(17)18/h6-8,10,12-13,23H,4-5,9,11,14H2,1-3H3,(H,24,28). The molecule has 0 spiro atoms. The molecule has 0 unspecified atom stereocenters. The Morgan fingerprint density at radius 1 is 1.21 bits per heavy atom. The number of nitrogens with zero attached hydrogens (tertiary/aromatic N) is 3. The van der Waals surface area contributed by atoms with Crippen LogP contribution in [0, 0.1) is 12.5 Å². The first-order valence-electron chi connectivity index (χ1n) is 9.79. The Labute approximate surface area is 171 Å². The summed E-state index contributed by atoms with van der Waals surface area (Å²) in [5.74, 6) is 0. The molecule has 0 radical (unpaired) electrons. The highest BCUT2D eigenvalue weighted by atomic mass is 16.6. The van der Waals surface area contributed by atoms with E-state index in [1.54, 1.807) is 6.07 Å². The van der Waals surface area contributed by atoms with Crippen molar-refractivity contribution >= 4 is 17.4 Å². The number of rotatable bonds is 6. The Morgan fingerprint density at radius 2 is 1.97 bits per heavy atom. The highest BCUT2D eigenvalue weighted by molar-refractivity contribution is 6.00. The molecule has 0 bridgehead atoms. The second-order valence-corrected chi connectivity index (χ2v) is 7.26. The third-order valence-corrected chi connectivity index (χ3v) is 5.29. The van der Waals surface area contributed by atoms with E-state index in [2.05, 4.69) is 33.9 Å². The van der Waals surface area contributed by atoms with Crippen LogP contribution in [0.25, 0.3) is 0 Å². The van der Waals surface area contributed by atoms with Gasteiger partial charge in [-0.05, 0) is 62.3 Å². The van der Waals surface area contributed by atoms with Gasteiger partial charge in [0.25, 0.3) is 0 Å². The van der Waals surface area contributed by atoms with E-state index in [4.69, 9.17) is 10.4 Å². The highest BCUT2D eigenvalue weighted by Gasteiger charge is 2.15. The molecule has 0 aliphatic heterocycles. The monoisotopic (exact) mass is 393 g/mol. The van der Waals surface area contributed by atoms with Crippen molar-refractivity contribution in [1.29, 1.82) is 5.53 Å². The van der Waals surface area contributed by atoms with Gasteiger partial charge in [-0.15, -0.1) is 0 Å². The lowest BCUT2D eigenvalue weighted by atomic mass is 9.87. The molecule has 0 atom stereocenters. The Morgan fingerprint density at radius 3 is 2.76 bits per heavy atom. The average Bonchev–Trinajstić information content (AvgIpc) is 2.74. The maximum atomic E-state index is 12.0. The van der Waals surface area contributed by atoms with Gasteiger partial charge in [-0.25, -0.2) is 4.79 Å². The Bertz CT molecular complexity index is 939. The lowest BCUT2D eigenvalue weighted by Gasteiger charge is -2.19. The van der Waals surface area contributed by atoms with Crippen molar-refractivity contribution < 1.29 is 9.63 Å². The zero-order valence-corrected chi connectivity index (χ0v) is 17.2. The first kappa shape index (κ1) is 20.5. The molecular weight excluding hydrogens is 366 g/mol. The van der Waals surface area contributed by atoms with E-state index in [-0.39, 0.29) is 6.61 Å². The number of aryl methyl sites for hydroxylation is 2. The topological polar surface area (TPSA) is 90.1 Å². The number of amides is 2. The number of oxime groups is 1. The minimum Gasteiger partial charge on any atom is -0.391 e. The van der Waals surface area contributed by atoms with Gasteiger partial charge in [-0.2, -0.15) is 10.5 Å². The summed E-state index contributed by atoms with van der Waals surface area (Å²) in [5.41, 5.74) is 14.2. The van der Waals surface area contributed by atoms with Gasteiger partial charge in [0.05, 0.1) is 5.71 Å². The van der Waals surface area contributed by atoms with Crippen molar-refractivity contribution in [2.75, 3.05) is 12.4 Å². The van der Waals surface area contributed by atoms with E-state index in [0.29, 0.717) is 5.69 Å². The van der Waals surface area contributed by atoms with Crippen LogP contribution in [0.15, 0.2) is 46.8 Å². The summed E-state index contributed by atoms with van der Waals surface area (Å²) in [6.07, 6.45) is 4.67. The largest absolute Gasteiger partial charge is 0.391 e. The van der Waals surface area contributed by atoms with Crippen LogP contribution in [0.1, 0.15) is 47.6 Å². The number of anilines is 1. The van der Waals surface area contributed by atoms with Gasteiger partial charge in [-0.1, -0.05) is 40.7 Å². The van der Waals surface area contributed by atoms with Crippen LogP contribution >= 0.6 is 0 Å². The van der Waals surface area contributed by atoms with E-state index in [9.17, 15) is 4.79 Å². The molecule has 0 aromatic heterocycles. The molecule has 0 saturated carbocycles. The summed E-state index contributed by atoms with van der Waals surface area (Å²) < 4.78 is 0. The fourth-order valence-corrected chi connectivity index (χ4v) is 3.62. The molecule has 0 saturated heterocycles. The molecule has 1 aliphatic carbocycles. The van der Waals surface area contributed by atoms with Gasteiger partial charge in [0.2, 0.25) is 0 Å². The quantitative estimate of drug-likeness (QED) is 0.400. The molecule has 7 nitrogen and oxygen atoms in total. The number of fused-ring (bicyclic) bond motifs is 1. The fourth-order valence-electron chi connectivity index (χ4n) is 3.62. The Kier molecular flexibility index (Phi) is 6.59. The van der Waals surface area contributed by atoms with E-state index >= 15 is 0 Å². The normalized spacial score (nSPS) is 13.4. The van der Waals surface area contributed by atoms with E-state index in [0.717, 1.165) is 40.3 Å². The lowest BCUT2D eigenvalue weighted by Crippen LogP contribution is -2.26. The fraction of sp³-hybridized carbons (Fsp3) is 0.364. The van der Waals surface area contributed by atoms with Gasteiger partial charge in [0.1, 0.15) is 6.61 Å². The van der Waals surface area contributed by atoms with E-state index < -0.39 is 6.03 Å². The molecule has 2 amide bonds. The van der Waals surface area contributed by atoms with Gasteiger partial charge in [-0.3, -0.25) is 0 Å². The molecule has 0 fully saturated rings. The lowest BCUT2D eigenvalue weighted by molar-refractivity contribution is 0.130. The molecule has 3 rings (SSSR count). The van der Waals surface area contributed by atoms with Crippen molar-refractivity contribution in [3.63, 3.8) is 0 Å². The first-order valence-corrected chi connectivity index (χ1v) is 9.79. The molecule has 2 N–H and O–H groups in total. The number of hydrogen-bond donors (Lipinski definition) is 2. The van der Waals surface area contributed by atoms with Crippen LogP contribution in [0.2, 0.25) is 0 Å². The van der Waals surface area contributed by atoms with Gasteiger partial charge in [0, 0.05) is 23.9 Å². The van der Waals surface area contributed by atoms with Crippen LogP contribution in [0.5, 0.6) is 0 Å². The van der Waals surface area contributed by atoms with Crippen LogP contribution in [0.4, 0.5) is 10.5 Å². The minimum absolute atomic E-state index is 0.233. The Balaban J connectivity index is 1.75. The van der Waals surface area contributed by atoms with Crippen LogP contribution in [0.3, 0.4) is 0 Å². The van der Waals surface area contributed by atoms with Crippen molar-refractivity contribution in [1.82, 2.24) is 5.01 Å². The number of carbonyl (C=O) groups is 1. The van der Waals surface area contributed by atoms with Crippen molar-refractivity contribution in [2.45, 2.75) is 46.1 Å². The summed E-state index contributed by atoms with van der Waals surface area (Å²) in [5, 5.41) is 11.1. The summed E-state index contributed by atoms with van der Waals surface area (Å²) in [6.45, 7) is 4.16. The molecule has 152 valence electrons. The van der Waals surface area contributed by atoms with Crippen molar-refractivity contribution in [3.05, 3.63) is 64.2 Å². The highest BCUT2D eigenvalue weighted by Crippen LogP contribution is 2.25. The van der Waals surface area contributed by atoms with Gasteiger partial charge < -0.3 is 10.2 Å². The zero-order valence-electron chi connectivity index (χ0n) is 17.2. The van der Waals surface area contributed by atoms with Crippen molar-refractivity contribution in [2.24, 2.45) is 10.4 Å². The van der Waals surface area contributed by atoms with E-state index in [1.807, 2.05) is 26.0 Å². The second-order valence-electron chi connectivity index (χ2n) is 7.26. The summed E-state index contributed by atoms with van der Waals surface area (Å²) in [6, 6.07) is 11.5. The third-order valence-electron chi connectivity index (χ3n) is 5.29. The molecule has 29 heavy (non-hydrogen) atoms. The third kappa shape index (κ3) is 4.80. The zero-order chi connectivity index (χ0) is 20.8. The molecule has 0 heterocycles. The predicted molar refractivity (Wildman–Crippen MR) is 113 cm³/mol. The van der Waals surface area contributed by atoms with Gasteiger partial charge >= 0.3 is 6.03 Å². The molecule has 2 aromatic carbocycles.